The topological polar surface area (TPSA) is 77.6 Å². The zero-order valence-corrected chi connectivity index (χ0v) is 17.2. The Hall–Kier alpha value is -3.95. The summed E-state index contributed by atoms with van der Waals surface area (Å²) in [6.07, 6.45) is 3.55. The summed E-state index contributed by atoms with van der Waals surface area (Å²) in [5.41, 5.74) is 1.24. The van der Waals surface area contributed by atoms with Crippen molar-refractivity contribution in [3.63, 3.8) is 0 Å². The van der Waals surface area contributed by atoms with Gasteiger partial charge in [-0.25, -0.2) is 14.6 Å². The van der Waals surface area contributed by atoms with Gasteiger partial charge in [0.15, 0.2) is 0 Å². The molecule has 1 unspecified atom stereocenters. The number of hydrogen-bond donors (Lipinski definition) is 1. The van der Waals surface area contributed by atoms with Crippen molar-refractivity contribution in [2.75, 3.05) is 0 Å². The highest BCUT2D eigenvalue weighted by Gasteiger charge is 2.30. The number of alkyl halides is 3. The van der Waals surface area contributed by atoms with Crippen LogP contribution in [-0.2, 0) is 6.18 Å². The molecule has 1 N–H and O–H groups in total. The molecule has 3 heterocycles. The van der Waals surface area contributed by atoms with Gasteiger partial charge in [0.1, 0.15) is 12.1 Å². The van der Waals surface area contributed by atoms with Crippen molar-refractivity contribution in [2.24, 2.45) is 0 Å². The van der Waals surface area contributed by atoms with Crippen molar-refractivity contribution in [3.05, 3.63) is 89.9 Å². The van der Waals surface area contributed by atoms with Crippen LogP contribution in [0.3, 0.4) is 0 Å². The third kappa shape index (κ3) is 4.25. The summed E-state index contributed by atoms with van der Waals surface area (Å²) >= 11 is 0. The normalized spacial score (nSPS) is 12.5. The number of nitrogens with zero attached hydrogens (tertiary/aromatic N) is 5. The summed E-state index contributed by atoms with van der Waals surface area (Å²) in [4.78, 5) is 20.9. The van der Waals surface area contributed by atoms with Crippen molar-refractivity contribution < 1.29 is 18.0 Å². The number of imidazole rings is 1. The lowest BCUT2D eigenvalue weighted by Gasteiger charge is -2.15. The number of nitrogens with one attached hydrogen (secondary N) is 1. The highest BCUT2D eigenvalue weighted by Crippen LogP contribution is 2.31. The number of carbonyl (C=O) groups excluding carboxylic acids is 1. The molecule has 0 saturated heterocycles. The average molecular weight is 440 g/mol. The van der Waals surface area contributed by atoms with Crippen LogP contribution in [0.5, 0.6) is 0 Å². The first-order valence-electron chi connectivity index (χ1n) is 9.71. The number of benzene rings is 1. The van der Waals surface area contributed by atoms with Crippen LogP contribution in [0.25, 0.3) is 11.5 Å². The zero-order chi connectivity index (χ0) is 22.9. The molecule has 4 rings (SSSR count). The van der Waals surface area contributed by atoms with Gasteiger partial charge in [-0.05, 0) is 44.2 Å². The number of rotatable bonds is 5. The number of amides is 1. The maximum absolute atomic E-state index is 13.0. The van der Waals surface area contributed by atoms with E-state index in [0.717, 1.165) is 12.1 Å². The molecule has 0 radical (unpaired) electrons. The Morgan fingerprint density at radius 3 is 2.62 bits per heavy atom. The van der Waals surface area contributed by atoms with Crippen LogP contribution < -0.4 is 5.32 Å². The van der Waals surface area contributed by atoms with Crippen molar-refractivity contribution in [1.29, 1.82) is 0 Å². The van der Waals surface area contributed by atoms with Crippen LogP contribution in [0, 0.1) is 6.92 Å². The van der Waals surface area contributed by atoms with E-state index in [1.54, 1.807) is 61.5 Å². The number of aromatic nitrogens is 5. The second-order valence-electron chi connectivity index (χ2n) is 7.22. The van der Waals surface area contributed by atoms with Crippen LogP contribution in [0.4, 0.5) is 13.2 Å². The minimum Gasteiger partial charge on any atom is -0.345 e. The van der Waals surface area contributed by atoms with Crippen LogP contribution in [0.15, 0.2) is 67.5 Å². The molecule has 1 aromatic carbocycles. The SMILES string of the molecule is Cc1c(C(C)NC(=O)c2ccc(-n3ccnc3)nc2)cnn1-c1cccc(C(F)(F)F)c1. The lowest BCUT2D eigenvalue weighted by Crippen LogP contribution is -2.27. The second kappa shape index (κ2) is 8.29. The molecule has 0 bridgehead atoms. The molecule has 0 saturated carbocycles. The maximum atomic E-state index is 13.0. The Labute approximate surface area is 181 Å². The molecule has 32 heavy (non-hydrogen) atoms. The molecule has 4 aromatic rings. The third-order valence-electron chi connectivity index (χ3n) is 5.06. The Balaban J connectivity index is 1.50. The van der Waals surface area contributed by atoms with Crippen molar-refractivity contribution in [2.45, 2.75) is 26.1 Å². The van der Waals surface area contributed by atoms with E-state index >= 15 is 0 Å². The van der Waals surface area contributed by atoms with E-state index in [-0.39, 0.29) is 5.91 Å². The van der Waals surface area contributed by atoms with Crippen molar-refractivity contribution >= 4 is 5.91 Å². The molecule has 1 atom stereocenters. The maximum Gasteiger partial charge on any atom is 0.416 e. The van der Waals surface area contributed by atoms with E-state index in [2.05, 4.69) is 20.4 Å². The first kappa shape index (κ1) is 21.3. The largest absolute Gasteiger partial charge is 0.416 e. The molecule has 164 valence electrons. The standard InChI is InChI=1S/C22H19F3N6O/c1-14(29-21(32)16-6-7-20(27-11-16)30-9-8-26-13-30)19-12-28-31(15(19)2)18-5-3-4-17(10-18)22(23,24)25/h3-14H,1-2H3,(H,29,32). The van der Waals surface area contributed by atoms with Gasteiger partial charge in [0.05, 0.1) is 29.1 Å². The van der Waals surface area contributed by atoms with E-state index in [0.29, 0.717) is 28.3 Å². The van der Waals surface area contributed by atoms with Gasteiger partial charge in [-0.3, -0.25) is 9.36 Å². The van der Waals surface area contributed by atoms with Gasteiger partial charge >= 0.3 is 6.18 Å². The highest BCUT2D eigenvalue weighted by atomic mass is 19.4. The van der Waals surface area contributed by atoms with Gasteiger partial charge in [0.2, 0.25) is 0 Å². The number of carbonyl (C=O) groups is 1. The smallest absolute Gasteiger partial charge is 0.345 e. The van der Waals surface area contributed by atoms with Gasteiger partial charge in [0.25, 0.3) is 5.91 Å². The lowest BCUT2D eigenvalue weighted by atomic mass is 10.1. The molecule has 0 spiro atoms. The summed E-state index contributed by atoms with van der Waals surface area (Å²) in [7, 11) is 0. The Kier molecular flexibility index (Phi) is 5.52. The van der Waals surface area contributed by atoms with Crippen LogP contribution >= 0.6 is 0 Å². The predicted octanol–water partition coefficient (Wildman–Crippen LogP) is 4.27. The number of halogens is 3. The molecule has 10 heteroatoms. The molecule has 3 aromatic heterocycles. The predicted molar refractivity (Wildman–Crippen MR) is 111 cm³/mol. The molecule has 0 aliphatic carbocycles. The number of pyridine rings is 1. The molecule has 7 nitrogen and oxygen atoms in total. The highest BCUT2D eigenvalue weighted by molar-refractivity contribution is 5.94. The van der Waals surface area contributed by atoms with Gasteiger partial charge in [-0.15, -0.1) is 0 Å². The first-order valence-corrected chi connectivity index (χ1v) is 9.71. The number of hydrogen-bond acceptors (Lipinski definition) is 4. The van der Waals surface area contributed by atoms with Crippen LogP contribution in [0.2, 0.25) is 0 Å². The van der Waals surface area contributed by atoms with Gasteiger partial charge < -0.3 is 5.32 Å². The van der Waals surface area contributed by atoms with E-state index in [1.807, 2.05) is 0 Å². The molecule has 0 aliphatic heterocycles. The molecular formula is C22H19F3N6O. The quantitative estimate of drug-likeness (QED) is 0.503. The van der Waals surface area contributed by atoms with Gasteiger partial charge in [-0.2, -0.15) is 18.3 Å². The monoisotopic (exact) mass is 440 g/mol. The summed E-state index contributed by atoms with van der Waals surface area (Å²) in [6.45, 7) is 3.53. The fraction of sp³-hybridized carbons (Fsp3) is 0.182. The van der Waals surface area contributed by atoms with E-state index < -0.39 is 17.8 Å². The second-order valence-corrected chi connectivity index (χ2v) is 7.22. The fourth-order valence-electron chi connectivity index (χ4n) is 3.35. The summed E-state index contributed by atoms with van der Waals surface area (Å²) < 4.78 is 42.3. The van der Waals surface area contributed by atoms with Crippen molar-refractivity contribution in [1.82, 2.24) is 29.6 Å². The summed E-state index contributed by atoms with van der Waals surface area (Å²) in [5.74, 6) is 0.304. The lowest BCUT2D eigenvalue weighted by molar-refractivity contribution is -0.137. The zero-order valence-electron chi connectivity index (χ0n) is 17.2. The summed E-state index contributed by atoms with van der Waals surface area (Å²) in [5, 5.41) is 7.10. The van der Waals surface area contributed by atoms with Crippen LogP contribution in [0.1, 0.15) is 40.1 Å². The van der Waals surface area contributed by atoms with Crippen molar-refractivity contribution in [3.8, 4) is 11.5 Å². The Morgan fingerprint density at radius 2 is 1.97 bits per heavy atom. The molecule has 0 aliphatic rings. The average Bonchev–Trinajstić information content (AvgIpc) is 3.43. The molecule has 1 amide bonds. The minimum atomic E-state index is -4.44. The van der Waals surface area contributed by atoms with E-state index in [4.69, 9.17) is 0 Å². The first-order chi connectivity index (χ1) is 15.2. The summed E-state index contributed by atoms with van der Waals surface area (Å²) in [6, 6.07) is 7.89. The molecular weight excluding hydrogens is 421 g/mol. The van der Waals surface area contributed by atoms with Crippen LogP contribution in [-0.4, -0.2) is 30.2 Å². The fourth-order valence-corrected chi connectivity index (χ4v) is 3.35. The van der Waals surface area contributed by atoms with Gasteiger partial charge in [-0.1, -0.05) is 6.07 Å². The Bertz CT molecular complexity index is 1230. The third-order valence-corrected chi connectivity index (χ3v) is 5.06. The van der Waals surface area contributed by atoms with Gasteiger partial charge in [0, 0.05) is 29.8 Å². The van der Waals surface area contributed by atoms with E-state index in [9.17, 15) is 18.0 Å². The van der Waals surface area contributed by atoms with E-state index in [1.165, 1.54) is 16.9 Å². The minimum absolute atomic E-state index is 0.293. The molecule has 0 fully saturated rings. The Morgan fingerprint density at radius 1 is 1.16 bits per heavy atom.